The van der Waals surface area contributed by atoms with Crippen LogP contribution in [0.3, 0.4) is 0 Å². The maximum absolute atomic E-state index is 12.5. The first-order valence-corrected chi connectivity index (χ1v) is 11.9. The van der Waals surface area contributed by atoms with Crippen molar-refractivity contribution in [1.29, 1.82) is 0 Å². The first-order chi connectivity index (χ1) is 14.0. The van der Waals surface area contributed by atoms with Crippen LogP contribution in [0, 0.1) is 5.92 Å². The monoisotopic (exact) mass is 432 g/mol. The van der Waals surface area contributed by atoms with Crippen LogP contribution in [0.5, 0.6) is 0 Å². The highest BCUT2D eigenvalue weighted by Gasteiger charge is 2.21. The van der Waals surface area contributed by atoms with Crippen molar-refractivity contribution >= 4 is 15.9 Å². The van der Waals surface area contributed by atoms with Gasteiger partial charge in [0.25, 0.3) is 5.91 Å². The number of nitrogens with one attached hydrogen (secondary N) is 1. The normalized spacial score (nSPS) is 14.0. The molecule has 0 saturated heterocycles. The number of hydrogen-bond donors (Lipinski definition) is 3. The lowest BCUT2D eigenvalue weighted by Gasteiger charge is -2.21. The molecule has 0 radical (unpaired) electrons. The summed E-state index contributed by atoms with van der Waals surface area (Å²) in [6.45, 7) is 10.9. The molecular weight excluding hydrogens is 398 g/mol. The number of amides is 1. The molecule has 0 spiro atoms. The van der Waals surface area contributed by atoms with Crippen molar-refractivity contribution in [3.05, 3.63) is 65.2 Å². The van der Waals surface area contributed by atoms with E-state index < -0.39 is 10.0 Å². The van der Waals surface area contributed by atoms with E-state index in [1.54, 1.807) is 12.1 Å². The highest BCUT2D eigenvalue weighted by molar-refractivity contribution is 7.89. The zero-order chi connectivity index (χ0) is 22.5. The molecule has 0 aromatic heterocycles. The summed E-state index contributed by atoms with van der Waals surface area (Å²) in [5.74, 6) is 0.806. The van der Waals surface area contributed by atoms with Crippen molar-refractivity contribution in [1.82, 2.24) is 5.32 Å². The Kier molecular flexibility index (Phi) is 8.18. The Bertz CT molecular complexity index is 937. The van der Waals surface area contributed by atoms with Crippen molar-refractivity contribution < 1.29 is 18.5 Å². The topological polar surface area (TPSA) is 106 Å². The highest BCUT2D eigenvalue weighted by atomic mass is 32.2. The molecule has 0 saturated carbocycles. The molecule has 2 aromatic rings. The molecule has 2 rings (SSSR count). The number of rotatable bonds is 9. The number of nitrogens with two attached hydrogens (primary N) is 2. The minimum atomic E-state index is -3.72. The third-order valence-electron chi connectivity index (χ3n) is 5.35. The smallest absolute Gasteiger partial charge is 0.275 e. The standard InChI is InChI=1S/C23H33N3O3S/c1-15(2)18-6-8-20(9-7-18)23(16(3)4)25-14-22(27)26-17(5)19-10-12-21(13-11-19)30(24,28)29/h6-13,15-17,23,25H,14H2,1-5H3,(H,26,27)(H2,24,28,29)/p+1/t17-,23-/m1/s1. The van der Waals surface area contributed by atoms with Gasteiger partial charge in [-0.15, -0.1) is 0 Å². The van der Waals surface area contributed by atoms with E-state index >= 15 is 0 Å². The molecule has 0 fully saturated rings. The molecule has 0 unspecified atom stereocenters. The van der Waals surface area contributed by atoms with Gasteiger partial charge >= 0.3 is 0 Å². The summed E-state index contributed by atoms with van der Waals surface area (Å²) in [5.41, 5.74) is 3.34. The van der Waals surface area contributed by atoms with E-state index in [1.165, 1.54) is 23.3 Å². The van der Waals surface area contributed by atoms with Gasteiger partial charge in [-0.3, -0.25) is 4.79 Å². The number of sulfonamides is 1. The molecule has 0 heterocycles. The van der Waals surface area contributed by atoms with Crippen LogP contribution in [-0.4, -0.2) is 20.9 Å². The molecule has 0 aliphatic carbocycles. The van der Waals surface area contributed by atoms with Crippen molar-refractivity contribution in [3.63, 3.8) is 0 Å². The summed E-state index contributed by atoms with van der Waals surface area (Å²) in [7, 11) is -3.72. The first-order valence-electron chi connectivity index (χ1n) is 10.3. The van der Waals surface area contributed by atoms with Crippen molar-refractivity contribution in [3.8, 4) is 0 Å². The summed E-state index contributed by atoms with van der Waals surface area (Å²) in [5, 5.41) is 10.2. The van der Waals surface area contributed by atoms with Gasteiger partial charge in [0.05, 0.1) is 10.9 Å². The molecule has 2 aromatic carbocycles. The van der Waals surface area contributed by atoms with E-state index in [9.17, 15) is 13.2 Å². The Morgan fingerprint density at radius 3 is 1.87 bits per heavy atom. The molecule has 0 aliphatic rings. The van der Waals surface area contributed by atoms with E-state index in [0.29, 0.717) is 18.4 Å². The molecule has 1 amide bonds. The fourth-order valence-corrected chi connectivity index (χ4v) is 3.98. The average molecular weight is 433 g/mol. The number of benzene rings is 2. The van der Waals surface area contributed by atoms with Gasteiger partial charge in [0, 0.05) is 11.5 Å². The lowest BCUT2D eigenvalue weighted by atomic mass is 9.93. The Labute approximate surface area is 180 Å². The summed E-state index contributed by atoms with van der Waals surface area (Å²) in [4.78, 5) is 12.6. The van der Waals surface area contributed by atoms with Crippen LogP contribution in [0.15, 0.2) is 53.4 Å². The Hall–Kier alpha value is -2.22. The third-order valence-corrected chi connectivity index (χ3v) is 6.28. The molecular formula is C23H34N3O3S+. The first kappa shape index (κ1) is 24.1. The zero-order valence-corrected chi connectivity index (χ0v) is 19.2. The summed E-state index contributed by atoms with van der Waals surface area (Å²) in [6.07, 6.45) is 0. The van der Waals surface area contributed by atoms with Gasteiger partial charge in [-0.2, -0.15) is 0 Å². The van der Waals surface area contributed by atoms with Gasteiger partial charge in [0.1, 0.15) is 6.04 Å². The van der Waals surface area contributed by atoms with Gasteiger partial charge in [-0.25, -0.2) is 13.6 Å². The second-order valence-corrected chi connectivity index (χ2v) is 10.00. The molecule has 30 heavy (non-hydrogen) atoms. The number of carbonyl (C=O) groups is 1. The number of carbonyl (C=O) groups excluding carboxylic acids is 1. The van der Waals surface area contributed by atoms with E-state index in [2.05, 4.69) is 62.6 Å². The lowest BCUT2D eigenvalue weighted by Crippen LogP contribution is -2.88. The molecule has 2 atom stereocenters. The predicted octanol–water partition coefficient (Wildman–Crippen LogP) is 2.60. The number of hydrogen-bond acceptors (Lipinski definition) is 3. The van der Waals surface area contributed by atoms with Crippen LogP contribution in [0.25, 0.3) is 0 Å². The second kappa shape index (κ2) is 10.2. The fraction of sp³-hybridized carbons (Fsp3) is 0.435. The Morgan fingerprint density at radius 1 is 0.900 bits per heavy atom. The molecule has 0 aliphatic heterocycles. The van der Waals surface area contributed by atoms with E-state index in [1.807, 2.05) is 6.92 Å². The van der Waals surface area contributed by atoms with Crippen molar-refractivity contribution in [2.75, 3.05) is 6.54 Å². The van der Waals surface area contributed by atoms with Crippen LogP contribution in [0.1, 0.15) is 69.3 Å². The average Bonchev–Trinajstić information content (AvgIpc) is 2.67. The predicted molar refractivity (Wildman–Crippen MR) is 119 cm³/mol. The number of primary sulfonamides is 1. The van der Waals surface area contributed by atoms with Gasteiger partial charge in [0.15, 0.2) is 6.54 Å². The van der Waals surface area contributed by atoms with E-state index in [4.69, 9.17) is 5.14 Å². The van der Waals surface area contributed by atoms with E-state index in [0.717, 1.165) is 5.56 Å². The van der Waals surface area contributed by atoms with E-state index in [-0.39, 0.29) is 22.9 Å². The summed E-state index contributed by atoms with van der Waals surface area (Å²) >= 11 is 0. The fourth-order valence-electron chi connectivity index (χ4n) is 3.46. The molecule has 6 nitrogen and oxygen atoms in total. The van der Waals surface area contributed by atoms with Gasteiger partial charge in [-0.05, 0) is 36.1 Å². The molecule has 5 N–H and O–H groups in total. The van der Waals surface area contributed by atoms with Gasteiger partial charge in [-0.1, -0.05) is 64.1 Å². The quantitative estimate of drug-likeness (QED) is 0.567. The maximum atomic E-state index is 12.5. The zero-order valence-electron chi connectivity index (χ0n) is 18.4. The summed E-state index contributed by atoms with van der Waals surface area (Å²) in [6, 6.07) is 14.8. The lowest BCUT2D eigenvalue weighted by molar-refractivity contribution is -0.692. The molecule has 0 bridgehead atoms. The van der Waals surface area contributed by atoms with Crippen LogP contribution >= 0.6 is 0 Å². The van der Waals surface area contributed by atoms with Crippen molar-refractivity contribution in [2.24, 2.45) is 11.1 Å². The minimum absolute atomic E-state index is 0.0568. The van der Waals surface area contributed by atoms with Gasteiger partial charge < -0.3 is 10.6 Å². The third kappa shape index (κ3) is 6.65. The summed E-state index contributed by atoms with van der Waals surface area (Å²) < 4.78 is 22.7. The van der Waals surface area contributed by atoms with Crippen LogP contribution < -0.4 is 15.8 Å². The second-order valence-electron chi connectivity index (χ2n) is 8.43. The Morgan fingerprint density at radius 2 is 1.40 bits per heavy atom. The minimum Gasteiger partial charge on any atom is -0.345 e. The largest absolute Gasteiger partial charge is 0.345 e. The van der Waals surface area contributed by atoms with Crippen LogP contribution in [-0.2, 0) is 14.8 Å². The highest BCUT2D eigenvalue weighted by Crippen LogP contribution is 2.21. The van der Waals surface area contributed by atoms with Crippen molar-refractivity contribution in [2.45, 2.75) is 57.5 Å². The Balaban J connectivity index is 1.97. The molecule has 7 heteroatoms. The van der Waals surface area contributed by atoms with Crippen LogP contribution in [0.2, 0.25) is 0 Å². The number of quaternary nitrogens is 1. The molecule has 164 valence electrons. The maximum Gasteiger partial charge on any atom is 0.275 e. The van der Waals surface area contributed by atoms with Gasteiger partial charge in [0.2, 0.25) is 10.0 Å². The van der Waals surface area contributed by atoms with Crippen LogP contribution in [0.4, 0.5) is 0 Å². The SMILES string of the molecule is CC(C)c1ccc([C@H]([NH2+]CC(=O)N[C@H](C)c2ccc(S(N)(=O)=O)cc2)C(C)C)cc1.